The van der Waals surface area contributed by atoms with Crippen molar-refractivity contribution in [2.45, 2.75) is 34.6 Å². The fraction of sp³-hybridized carbons (Fsp3) is 0.500. The summed E-state index contributed by atoms with van der Waals surface area (Å²) in [4.78, 5) is 35.4. The second-order valence-corrected chi connectivity index (χ2v) is 7.28. The van der Waals surface area contributed by atoms with E-state index in [4.69, 9.17) is 0 Å². The van der Waals surface area contributed by atoms with Crippen LogP contribution in [0.2, 0.25) is 0 Å². The van der Waals surface area contributed by atoms with Crippen molar-refractivity contribution in [1.82, 2.24) is 0 Å². The summed E-state index contributed by atoms with van der Waals surface area (Å²) in [5.74, 6) is -2.72. The Kier molecular flexibility index (Phi) is 4.69. The molecule has 1 saturated carbocycles. The van der Waals surface area contributed by atoms with Gasteiger partial charge in [0.2, 0.25) is 11.8 Å². The highest BCUT2D eigenvalue weighted by atomic mass is 16.4. The Morgan fingerprint density at radius 3 is 2.25 bits per heavy atom. The largest absolute Gasteiger partial charge is 0.481 e. The summed E-state index contributed by atoms with van der Waals surface area (Å²) in [5, 5.41) is 14.8. The molecule has 0 saturated heterocycles. The maximum atomic E-state index is 12.4. The van der Waals surface area contributed by atoms with E-state index in [1.807, 2.05) is 6.92 Å². The molecular formula is C18H24N2O4. The number of aliphatic carboxylic acids is 1. The summed E-state index contributed by atoms with van der Waals surface area (Å²) in [7, 11) is 0. The number of anilines is 2. The number of amides is 2. The van der Waals surface area contributed by atoms with Gasteiger partial charge in [-0.2, -0.15) is 0 Å². The normalized spacial score (nSPS) is 21.2. The van der Waals surface area contributed by atoms with E-state index in [0.29, 0.717) is 11.4 Å². The molecule has 6 heteroatoms. The summed E-state index contributed by atoms with van der Waals surface area (Å²) in [6, 6.07) is 5.27. The Morgan fingerprint density at radius 1 is 1.12 bits per heavy atom. The van der Waals surface area contributed by atoms with Gasteiger partial charge < -0.3 is 15.7 Å². The zero-order valence-electron chi connectivity index (χ0n) is 14.6. The van der Waals surface area contributed by atoms with Crippen LogP contribution in [-0.4, -0.2) is 22.9 Å². The molecule has 0 aliphatic heterocycles. The van der Waals surface area contributed by atoms with Crippen molar-refractivity contribution < 1.29 is 19.5 Å². The number of rotatable bonds is 5. The van der Waals surface area contributed by atoms with Crippen molar-refractivity contribution in [2.75, 3.05) is 10.6 Å². The van der Waals surface area contributed by atoms with Gasteiger partial charge in [-0.1, -0.05) is 33.8 Å². The van der Waals surface area contributed by atoms with Crippen LogP contribution in [0.4, 0.5) is 11.4 Å². The van der Waals surface area contributed by atoms with E-state index in [0.717, 1.165) is 5.56 Å². The number of hydrogen-bond donors (Lipinski definition) is 3. The molecule has 3 N–H and O–H groups in total. The number of carbonyl (C=O) groups is 3. The first-order valence-corrected chi connectivity index (χ1v) is 8.01. The van der Waals surface area contributed by atoms with E-state index >= 15 is 0 Å². The molecule has 0 spiro atoms. The van der Waals surface area contributed by atoms with Crippen molar-refractivity contribution in [3.8, 4) is 0 Å². The van der Waals surface area contributed by atoms with E-state index in [1.54, 1.807) is 45.9 Å². The van der Waals surface area contributed by atoms with Crippen LogP contribution in [0.3, 0.4) is 0 Å². The quantitative estimate of drug-likeness (QED) is 0.772. The van der Waals surface area contributed by atoms with Crippen LogP contribution in [0.15, 0.2) is 18.2 Å². The van der Waals surface area contributed by atoms with Gasteiger partial charge in [-0.25, -0.2) is 0 Å². The molecule has 1 aromatic rings. The third-order valence-electron chi connectivity index (χ3n) is 4.66. The lowest BCUT2D eigenvalue weighted by Gasteiger charge is -2.13. The third kappa shape index (κ3) is 3.42. The molecule has 2 rings (SSSR count). The monoisotopic (exact) mass is 332 g/mol. The van der Waals surface area contributed by atoms with Crippen LogP contribution in [0, 0.1) is 30.1 Å². The van der Waals surface area contributed by atoms with Gasteiger partial charge in [-0.3, -0.25) is 14.4 Å². The minimum atomic E-state index is -0.949. The van der Waals surface area contributed by atoms with E-state index in [-0.39, 0.29) is 17.7 Å². The summed E-state index contributed by atoms with van der Waals surface area (Å²) in [5.41, 5.74) is 1.47. The van der Waals surface area contributed by atoms with Gasteiger partial charge >= 0.3 is 5.97 Å². The third-order valence-corrected chi connectivity index (χ3v) is 4.66. The van der Waals surface area contributed by atoms with Crippen molar-refractivity contribution in [3.05, 3.63) is 23.8 Å². The van der Waals surface area contributed by atoms with Crippen LogP contribution in [-0.2, 0) is 14.4 Å². The Balaban J connectivity index is 2.14. The topological polar surface area (TPSA) is 95.5 Å². The van der Waals surface area contributed by atoms with E-state index in [1.165, 1.54) is 0 Å². The van der Waals surface area contributed by atoms with E-state index in [9.17, 15) is 19.5 Å². The molecule has 1 aliphatic rings. The Morgan fingerprint density at radius 2 is 1.75 bits per heavy atom. The second-order valence-electron chi connectivity index (χ2n) is 7.28. The summed E-state index contributed by atoms with van der Waals surface area (Å²) in [6.45, 7) is 9.00. The predicted molar refractivity (Wildman–Crippen MR) is 91.7 cm³/mol. The number of hydrogen-bond acceptors (Lipinski definition) is 3. The fourth-order valence-electron chi connectivity index (χ4n) is 2.92. The van der Waals surface area contributed by atoms with E-state index in [2.05, 4.69) is 10.6 Å². The molecule has 6 nitrogen and oxygen atoms in total. The van der Waals surface area contributed by atoms with Crippen LogP contribution in [0.25, 0.3) is 0 Å². The number of carboxylic acid groups (broad SMARTS) is 1. The lowest BCUT2D eigenvalue weighted by molar-refractivity contribution is -0.140. The smallest absolute Gasteiger partial charge is 0.307 e. The number of nitrogens with one attached hydrogen (secondary N) is 2. The Hall–Kier alpha value is -2.37. The first-order valence-electron chi connectivity index (χ1n) is 8.01. The predicted octanol–water partition coefficient (Wildman–Crippen LogP) is 2.88. The van der Waals surface area contributed by atoms with Gasteiger partial charge in [0.25, 0.3) is 0 Å². The van der Waals surface area contributed by atoms with Crippen LogP contribution in [0.5, 0.6) is 0 Å². The highest BCUT2D eigenvalue weighted by Crippen LogP contribution is 2.58. The number of carbonyl (C=O) groups excluding carboxylic acids is 2. The minimum absolute atomic E-state index is 0.106. The van der Waals surface area contributed by atoms with Crippen molar-refractivity contribution in [1.29, 1.82) is 0 Å². The average molecular weight is 332 g/mol. The van der Waals surface area contributed by atoms with Crippen LogP contribution in [0.1, 0.15) is 33.3 Å². The minimum Gasteiger partial charge on any atom is -0.481 e. The maximum Gasteiger partial charge on any atom is 0.307 e. The van der Waals surface area contributed by atoms with Gasteiger partial charge in [0, 0.05) is 17.3 Å². The van der Waals surface area contributed by atoms with E-state index < -0.39 is 23.2 Å². The highest BCUT2D eigenvalue weighted by Gasteiger charge is 2.65. The van der Waals surface area contributed by atoms with Crippen molar-refractivity contribution >= 4 is 29.2 Å². The summed E-state index contributed by atoms with van der Waals surface area (Å²) < 4.78 is 0. The van der Waals surface area contributed by atoms with Crippen molar-refractivity contribution in [2.24, 2.45) is 23.2 Å². The highest BCUT2D eigenvalue weighted by molar-refractivity contribution is 6.01. The van der Waals surface area contributed by atoms with Gasteiger partial charge in [-0.15, -0.1) is 0 Å². The molecule has 24 heavy (non-hydrogen) atoms. The number of benzene rings is 1. The summed E-state index contributed by atoms with van der Waals surface area (Å²) >= 11 is 0. The van der Waals surface area contributed by atoms with Gasteiger partial charge in [0.1, 0.15) is 0 Å². The van der Waals surface area contributed by atoms with Gasteiger partial charge in [0.05, 0.1) is 11.8 Å². The average Bonchev–Trinajstić information content (AvgIpc) is 3.05. The number of carboxylic acids is 1. The fourth-order valence-corrected chi connectivity index (χ4v) is 2.92. The van der Waals surface area contributed by atoms with Crippen LogP contribution < -0.4 is 10.6 Å². The van der Waals surface area contributed by atoms with Crippen molar-refractivity contribution in [3.63, 3.8) is 0 Å². The molecule has 2 amide bonds. The molecule has 0 radical (unpaired) electrons. The zero-order valence-corrected chi connectivity index (χ0v) is 14.6. The molecule has 2 atom stereocenters. The lowest BCUT2D eigenvalue weighted by atomic mass is 10.1. The van der Waals surface area contributed by atoms with Crippen LogP contribution >= 0.6 is 0 Å². The molecule has 1 aliphatic carbocycles. The molecule has 0 bridgehead atoms. The number of aryl methyl sites for hydroxylation is 1. The zero-order chi connectivity index (χ0) is 18.2. The Labute approximate surface area is 141 Å². The molecule has 0 heterocycles. The SMILES string of the molecule is Cc1ccc(NC(=O)C(C)C)cc1NC(=O)[C@@H]1[C@H](C(=O)O)C1(C)C. The standard InChI is InChI=1S/C18H24N2O4/c1-9(2)15(21)19-11-7-6-10(3)12(8-11)20-16(22)13-14(17(23)24)18(13,4)5/h6-9,13-14H,1-5H3,(H,19,21)(H,20,22)(H,23,24)/t13-,14+/m0/s1. The molecule has 1 aromatic carbocycles. The first kappa shape index (κ1) is 18.0. The molecule has 1 fully saturated rings. The Bertz CT molecular complexity index is 694. The second kappa shape index (κ2) is 6.26. The molecule has 0 aromatic heterocycles. The first-order chi connectivity index (χ1) is 11.1. The molecular weight excluding hydrogens is 308 g/mol. The molecule has 130 valence electrons. The molecule has 0 unspecified atom stereocenters. The summed E-state index contributed by atoms with van der Waals surface area (Å²) in [6.07, 6.45) is 0. The van der Waals surface area contributed by atoms with Gasteiger partial charge in [0.15, 0.2) is 0 Å². The van der Waals surface area contributed by atoms with Gasteiger partial charge in [-0.05, 0) is 30.0 Å². The lowest BCUT2D eigenvalue weighted by Crippen LogP contribution is -2.20. The maximum absolute atomic E-state index is 12.4.